The number of halogens is 1. The fraction of sp³-hybridized carbons (Fsp3) is 0.391. The van der Waals surface area contributed by atoms with Crippen LogP contribution in [-0.4, -0.2) is 31.5 Å². The fourth-order valence-electron chi connectivity index (χ4n) is 4.10. The van der Waals surface area contributed by atoms with Crippen molar-refractivity contribution in [2.24, 2.45) is 5.73 Å². The van der Waals surface area contributed by atoms with Gasteiger partial charge < -0.3 is 21.1 Å². The predicted molar refractivity (Wildman–Crippen MR) is 113 cm³/mol. The summed E-state index contributed by atoms with van der Waals surface area (Å²) in [5, 5.41) is 6.12. The van der Waals surface area contributed by atoms with Gasteiger partial charge in [-0.1, -0.05) is 18.2 Å². The average Bonchev–Trinajstić information content (AvgIpc) is 3.20. The van der Waals surface area contributed by atoms with Crippen molar-refractivity contribution in [3.05, 3.63) is 65.0 Å². The first kappa shape index (κ1) is 21.8. The quantitative estimate of drug-likeness (QED) is 0.620. The Labute approximate surface area is 176 Å². The first-order valence-corrected chi connectivity index (χ1v) is 10.1. The molecule has 1 saturated carbocycles. The van der Waals surface area contributed by atoms with E-state index in [1.54, 1.807) is 25.3 Å². The molecule has 3 atom stereocenters. The summed E-state index contributed by atoms with van der Waals surface area (Å²) in [6, 6.07) is 12.5. The molecule has 30 heavy (non-hydrogen) atoms. The third-order valence-electron chi connectivity index (χ3n) is 5.65. The van der Waals surface area contributed by atoms with Gasteiger partial charge in [-0.15, -0.1) is 0 Å². The highest BCUT2D eigenvalue weighted by Gasteiger charge is 2.27. The number of primary amides is 1. The van der Waals surface area contributed by atoms with Crippen molar-refractivity contribution in [2.75, 3.05) is 13.7 Å². The molecule has 1 fully saturated rings. The van der Waals surface area contributed by atoms with Crippen LogP contribution in [0.3, 0.4) is 0 Å². The van der Waals surface area contributed by atoms with E-state index in [-0.39, 0.29) is 24.3 Å². The molecule has 0 saturated heterocycles. The maximum Gasteiger partial charge on any atom is 0.251 e. The van der Waals surface area contributed by atoms with Crippen molar-refractivity contribution in [1.29, 1.82) is 0 Å². The smallest absolute Gasteiger partial charge is 0.251 e. The Kier molecular flexibility index (Phi) is 7.05. The van der Waals surface area contributed by atoms with E-state index in [4.69, 9.17) is 10.5 Å². The molecule has 3 rings (SSSR count). The fourth-order valence-corrected chi connectivity index (χ4v) is 4.10. The Bertz CT molecular complexity index is 901. The topological polar surface area (TPSA) is 93.4 Å². The molecule has 2 amide bonds. The van der Waals surface area contributed by atoms with Crippen LogP contribution in [0, 0.1) is 5.82 Å². The van der Waals surface area contributed by atoms with Crippen molar-refractivity contribution < 1.29 is 18.7 Å². The molecule has 7 heteroatoms. The number of ether oxygens (including phenoxy) is 1. The molecule has 0 heterocycles. The van der Waals surface area contributed by atoms with Crippen LogP contribution in [0.15, 0.2) is 42.5 Å². The van der Waals surface area contributed by atoms with Crippen LogP contribution < -0.4 is 21.1 Å². The highest BCUT2D eigenvalue weighted by molar-refractivity contribution is 5.96. The summed E-state index contributed by atoms with van der Waals surface area (Å²) < 4.78 is 18.8. The van der Waals surface area contributed by atoms with Gasteiger partial charge in [0.05, 0.1) is 13.7 Å². The first-order chi connectivity index (χ1) is 14.4. The Morgan fingerprint density at radius 3 is 2.60 bits per heavy atom. The second-order valence-electron chi connectivity index (χ2n) is 7.75. The summed E-state index contributed by atoms with van der Waals surface area (Å²) in [5.74, 6) is -0.233. The molecule has 0 bridgehead atoms. The molecule has 0 radical (unpaired) electrons. The molecular formula is C23H28FN3O3. The lowest BCUT2D eigenvalue weighted by Crippen LogP contribution is -2.33. The number of benzene rings is 2. The van der Waals surface area contributed by atoms with Crippen LogP contribution in [0.5, 0.6) is 5.75 Å². The van der Waals surface area contributed by atoms with Gasteiger partial charge in [0.2, 0.25) is 5.91 Å². The van der Waals surface area contributed by atoms with Crippen LogP contribution in [0.4, 0.5) is 4.39 Å². The van der Waals surface area contributed by atoms with Crippen molar-refractivity contribution in [3.8, 4) is 5.75 Å². The standard InChI is InChI=1S/C23H28FN3O3/c1-14(20-10-8-18(24)12-21(20)30-2)27-19-9-7-17(11-19)15-3-5-16(6-4-15)23(29)26-13-22(25)28/h3-6,8,10,12,14,17,19,27H,7,9,11,13H2,1-2H3,(H2,25,28)(H,26,29)/t14-,17?,19+/m1/s1. The zero-order valence-electron chi connectivity index (χ0n) is 17.3. The minimum absolute atomic E-state index is 0.0422. The molecule has 2 aromatic rings. The second-order valence-corrected chi connectivity index (χ2v) is 7.75. The highest BCUT2D eigenvalue weighted by atomic mass is 19.1. The molecule has 0 aliphatic heterocycles. The van der Waals surface area contributed by atoms with E-state index in [0.29, 0.717) is 23.3 Å². The summed E-state index contributed by atoms with van der Waals surface area (Å²) in [6.07, 6.45) is 3.08. The number of rotatable bonds is 8. The lowest BCUT2D eigenvalue weighted by molar-refractivity contribution is -0.117. The van der Waals surface area contributed by atoms with E-state index in [9.17, 15) is 14.0 Å². The van der Waals surface area contributed by atoms with Crippen LogP contribution in [-0.2, 0) is 4.79 Å². The molecule has 1 aliphatic rings. The van der Waals surface area contributed by atoms with E-state index in [1.807, 2.05) is 12.1 Å². The summed E-state index contributed by atoms with van der Waals surface area (Å²) in [6.45, 7) is 1.89. The van der Waals surface area contributed by atoms with Crippen molar-refractivity contribution in [3.63, 3.8) is 0 Å². The zero-order valence-corrected chi connectivity index (χ0v) is 17.3. The number of nitrogens with one attached hydrogen (secondary N) is 2. The van der Waals surface area contributed by atoms with Crippen LogP contribution in [0.2, 0.25) is 0 Å². The van der Waals surface area contributed by atoms with Crippen molar-refractivity contribution in [2.45, 2.75) is 44.2 Å². The lowest BCUT2D eigenvalue weighted by atomic mass is 9.96. The molecule has 160 valence electrons. The number of methoxy groups -OCH3 is 1. The summed E-state index contributed by atoms with van der Waals surface area (Å²) in [5.41, 5.74) is 7.68. The summed E-state index contributed by atoms with van der Waals surface area (Å²) in [4.78, 5) is 22.8. The highest BCUT2D eigenvalue weighted by Crippen LogP contribution is 2.36. The van der Waals surface area contributed by atoms with E-state index < -0.39 is 5.91 Å². The lowest BCUT2D eigenvalue weighted by Gasteiger charge is -2.22. The van der Waals surface area contributed by atoms with E-state index in [2.05, 4.69) is 17.6 Å². The maximum absolute atomic E-state index is 13.5. The number of hydrogen-bond donors (Lipinski definition) is 3. The summed E-state index contributed by atoms with van der Waals surface area (Å²) in [7, 11) is 1.55. The van der Waals surface area contributed by atoms with E-state index in [0.717, 1.165) is 24.8 Å². The molecule has 6 nitrogen and oxygen atoms in total. The van der Waals surface area contributed by atoms with Crippen LogP contribution >= 0.6 is 0 Å². The molecule has 0 aromatic heterocycles. The molecule has 1 aliphatic carbocycles. The number of amides is 2. The van der Waals surface area contributed by atoms with Gasteiger partial charge in [0.25, 0.3) is 5.91 Å². The minimum atomic E-state index is -0.572. The normalized spacial score (nSPS) is 19.3. The largest absolute Gasteiger partial charge is 0.496 e. The molecule has 4 N–H and O–H groups in total. The number of nitrogens with two attached hydrogens (primary N) is 1. The Hall–Kier alpha value is -2.93. The van der Waals surface area contributed by atoms with E-state index >= 15 is 0 Å². The van der Waals surface area contributed by atoms with Crippen LogP contribution in [0.1, 0.15) is 59.6 Å². The Balaban J connectivity index is 1.57. The van der Waals surface area contributed by atoms with Gasteiger partial charge in [-0.05, 0) is 55.9 Å². The third kappa shape index (κ3) is 5.36. The second kappa shape index (κ2) is 9.71. The van der Waals surface area contributed by atoms with Gasteiger partial charge in [-0.2, -0.15) is 0 Å². The van der Waals surface area contributed by atoms with Gasteiger partial charge in [-0.25, -0.2) is 4.39 Å². The Morgan fingerprint density at radius 2 is 1.93 bits per heavy atom. The van der Waals surface area contributed by atoms with Crippen molar-refractivity contribution >= 4 is 11.8 Å². The SMILES string of the molecule is COc1cc(F)ccc1[C@@H](C)N[C@H]1CCC(c2ccc(C(=O)NCC(N)=O)cc2)C1. The minimum Gasteiger partial charge on any atom is -0.496 e. The van der Waals surface area contributed by atoms with E-state index in [1.165, 1.54) is 17.7 Å². The van der Waals surface area contributed by atoms with Crippen molar-refractivity contribution in [1.82, 2.24) is 10.6 Å². The summed E-state index contributed by atoms with van der Waals surface area (Å²) >= 11 is 0. The maximum atomic E-state index is 13.5. The van der Waals surface area contributed by atoms with Gasteiger partial charge in [-0.3, -0.25) is 9.59 Å². The van der Waals surface area contributed by atoms with Gasteiger partial charge in [0.1, 0.15) is 11.6 Å². The molecule has 0 spiro atoms. The Morgan fingerprint density at radius 1 is 1.20 bits per heavy atom. The molecule has 2 aromatic carbocycles. The first-order valence-electron chi connectivity index (χ1n) is 10.1. The average molecular weight is 413 g/mol. The third-order valence-corrected chi connectivity index (χ3v) is 5.65. The zero-order chi connectivity index (χ0) is 21.7. The molecule has 1 unspecified atom stereocenters. The van der Waals surface area contributed by atoms with Gasteiger partial charge >= 0.3 is 0 Å². The number of carbonyl (C=O) groups excluding carboxylic acids is 2. The van der Waals surface area contributed by atoms with Gasteiger partial charge in [0, 0.05) is 29.3 Å². The van der Waals surface area contributed by atoms with Crippen LogP contribution in [0.25, 0.3) is 0 Å². The van der Waals surface area contributed by atoms with Gasteiger partial charge in [0.15, 0.2) is 0 Å². The number of hydrogen-bond acceptors (Lipinski definition) is 4. The molecular weight excluding hydrogens is 385 g/mol. The number of carbonyl (C=O) groups is 2. The monoisotopic (exact) mass is 413 g/mol. The predicted octanol–water partition coefficient (Wildman–Crippen LogP) is 3.04.